The second-order valence-corrected chi connectivity index (χ2v) is 4.77. The van der Waals surface area contributed by atoms with Crippen LogP contribution in [0.5, 0.6) is 0 Å². The monoisotopic (exact) mass is 302 g/mol. The van der Waals surface area contributed by atoms with Gasteiger partial charge in [0.2, 0.25) is 0 Å². The van der Waals surface area contributed by atoms with Crippen LogP contribution in [-0.4, -0.2) is 5.91 Å². The number of carbonyl (C=O) groups is 1. The van der Waals surface area contributed by atoms with E-state index in [0.29, 0.717) is 16.9 Å². The summed E-state index contributed by atoms with van der Waals surface area (Å²) in [6.07, 6.45) is 1.34. The summed E-state index contributed by atoms with van der Waals surface area (Å²) in [7, 11) is 0. The van der Waals surface area contributed by atoms with Gasteiger partial charge in [0.05, 0.1) is 11.6 Å². The molecular weight excluding hydrogens is 288 g/mol. The lowest BCUT2D eigenvalue weighted by Gasteiger charge is -2.07. The number of benzene rings is 2. The molecule has 0 aromatic heterocycles. The molecule has 0 atom stereocenters. The van der Waals surface area contributed by atoms with Crippen LogP contribution in [0.3, 0.4) is 0 Å². The summed E-state index contributed by atoms with van der Waals surface area (Å²) in [5.41, 5.74) is 2.76. The van der Waals surface area contributed by atoms with Crippen LogP contribution in [-0.2, 0) is 4.79 Å². The Kier molecular flexibility index (Phi) is 5.12. The minimum Gasteiger partial charge on any atom is -0.360 e. The van der Waals surface area contributed by atoms with E-state index in [0.717, 1.165) is 5.56 Å². The normalized spacial score (nSPS) is 10.3. The molecule has 0 fully saturated rings. The summed E-state index contributed by atoms with van der Waals surface area (Å²) < 4.78 is 0. The molecule has 0 saturated heterocycles. The van der Waals surface area contributed by atoms with Gasteiger partial charge in [-0.2, -0.15) is 10.5 Å². The van der Waals surface area contributed by atoms with Crippen LogP contribution < -0.4 is 10.6 Å². The highest BCUT2D eigenvalue weighted by Gasteiger charge is 2.10. The molecule has 5 heteroatoms. The molecule has 0 aliphatic carbocycles. The van der Waals surface area contributed by atoms with Gasteiger partial charge in [0, 0.05) is 17.6 Å². The largest absolute Gasteiger partial charge is 0.360 e. The van der Waals surface area contributed by atoms with Gasteiger partial charge in [-0.1, -0.05) is 18.2 Å². The number of anilines is 2. The number of carbonyl (C=O) groups excluding carboxylic acids is 1. The first-order chi connectivity index (χ1) is 11.1. The van der Waals surface area contributed by atoms with Crippen LogP contribution >= 0.6 is 0 Å². The zero-order chi connectivity index (χ0) is 16.7. The second kappa shape index (κ2) is 7.44. The number of hydrogen-bond donors (Lipinski definition) is 2. The number of rotatable bonds is 4. The van der Waals surface area contributed by atoms with Gasteiger partial charge in [0.25, 0.3) is 5.91 Å². The lowest BCUT2D eigenvalue weighted by Crippen LogP contribution is -2.15. The van der Waals surface area contributed by atoms with Crippen LogP contribution in [0.15, 0.2) is 60.3 Å². The SMILES string of the molecule is Cc1ccccc1NC(=O)/C(C#N)=C\Nc1ccc(C#N)cc1. The highest BCUT2D eigenvalue weighted by molar-refractivity contribution is 6.07. The molecule has 5 nitrogen and oxygen atoms in total. The molecule has 23 heavy (non-hydrogen) atoms. The Bertz CT molecular complexity index is 823. The predicted octanol–water partition coefficient (Wildman–Crippen LogP) is 3.32. The van der Waals surface area contributed by atoms with Crippen molar-refractivity contribution in [3.8, 4) is 12.1 Å². The minimum absolute atomic E-state index is 0.0439. The van der Waals surface area contributed by atoms with Crippen molar-refractivity contribution in [2.75, 3.05) is 10.6 Å². The molecule has 2 rings (SSSR count). The molecular formula is C18H14N4O. The van der Waals surface area contributed by atoms with Gasteiger partial charge < -0.3 is 10.6 Å². The maximum absolute atomic E-state index is 12.1. The van der Waals surface area contributed by atoms with E-state index in [-0.39, 0.29) is 5.57 Å². The van der Waals surface area contributed by atoms with Crippen molar-refractivity contribution >= 4 is 17.3 Å². The summed E-state index contributed by atoms with van der Waals surface area (Å²) in [5, 5.41) is 23.5. The maximum atomic E-state index is 12.1. The molecule has 0 aliphatic heterocycles. The van der Waals surface area contributed by atoms with Crippen molar-refractivity contribution in [1.29, 1.82) is 10.5 Å². The Hall–Kier alpha value is -3.57. The van der Waals surface area contributed by atoms with Gasteiger partial charge in [-0.15, -0.1) is 0 Å². The summed E-state index contributed by atoms with van der Waals surface area (Å²) in [4.78, 5) is 12.1. The number of para-hydroxylation sites is 1. The van der Waals surface area contributed by atoms with Crippen LogP contribution in [0.25, 0.3) is 0 Å². The van der Waals surface area contributed by atoms with Gasteiger partial charge in [-0.25, -0.2) is 0 Å². The van der Waals surface area contributed by atoms with E-state index in [4.69, 9.17) is 10.5 Å². The molecule has 0 spiro atoms. The Balaban J connectivity index is 2.09. The summed E-state index contributed by atoms with van der Waals surface area (Å²) in [5.74, 6) is -0.483. The van der Waals surface area contributed by atoms with Crippen molar-refractivity contribution in [3.63, 3.8) is 0 Å². The van der Waals surface area contributed by atoms with Crippen LogP contribution in [0.4, 0.5) is 11.4 Å². The lowest BCUT2D eigenvalue weighted by atomic mass is 10.2. The van der Waals surface area contributed by atoms with E-state index in [1.54, 1.807) is 30.3 Å². The molecule has 0 heterocycles. The standard InChI is InChI=1S/C18H14N4O/c1-13-4-2-3-5-17(13)22-18(23)15(11-20)12-21-16-8-6-14(10-19)7-9-16/h2-9,12,21H,1H3,(H,22,23)/b15-12-. The van der Waals surface area contributed by atoms with Gasteiger partial charge in [-0.05, 0) is 42.8 Å². The third-order valence-corrected chi connectivity index (χ3v) is 3.16. The van der Waals surface area contributed by atoms with Crippen molar-refractivity contribution in [3.05, 3.63) is 71.4 Å². The van der Waals surface area contributed by atoms with E-state index in [1.165, 1.54) is 6.20 Å². The van der Waals surface area contributed by atoms with E-state index in [2.05, 4.69) is 10.6 Å². The molecule has 0 saturated carbocycles. The first-order valence-electron chi connectivity index (χ1n) is 6.88. The Morgan fingerprint density at radius 3 is 2.39 bits per heavy atom. The topological polar surface area (TPSA) is 88.7 Å². The first-order valence-corrected chi connectivity index (χ1v) is 6.88. The van der Waals surface area contributed by atoms with E-state index in [1.807, 2.05) is 37.3 Å². The molecule has 112 valence electrons. The third kappa shape index (κ3) is 4.20. The van der Waals surface area contributed by atoms with Gasteiger partial charge in [0.1, 0.15) is 11.6 Å². The second-order valence-electron chi connectivity index (χ2n) is 4.77. The first kappa shape index (κ1) is 15.8. The Morgan fingerprint density at radius 2 is 1.78 bits per heavy atom. The highest BCUT2D eigenvalue weighted by Crippen LogP contribution is 2.14. The third-order valence-electron chi connectivity index (χ3n) is 3.16. The number of amides is 1. The molecule has 1 amide bonds. The van der Waals surface area contributed by atoms with Crippen molar-refractivity contribution in [1.82, 2.24) is 0 Å². The molecule has 0 unspecified atom stereocenters. The lowest BCUT2D eigenvalue weighted by molar-refractivity contribution is -0.112. The molecule has 2 N–H and O–H groups in total. The zero-order valence-corrected chi connectivity index (χ0v) is 12.5. The van der Waals surface area contributed by atoms with Gasteiger partial charge in [0.15, 0.2) is 0 Å². The summed E-state index contributed by atoms with van der Waals surface area (Å²) in [6, 6.07) is 17.9. The minimum atomic E-state index is -0.483. The molecule has 2 aromatic rings. The Labute approximate surface area is 134 Å². The predicted molar refractivity (Wildman–Crippen MR) is 88.3 cm³/mol. The van der Waals surface area contributed by atoms with E-state index in [9.17, 15) is 4.79 Å². The molecule has 0 aliphatic rings. The van der Waals surface area contributed by atoms with Crippen LogP contribution in [0.2, 0.25) is 0 Å². The summed E-state index contributed by atoms with van der Waals surface area (Å²) >= 11 is 0. The number of nitrogens with one attached hydrogen (secondary N) is 2. The molecule has 0 bridgehead atoms. The van der Waals surface area contributed by atoms with Crippen LogP contribution in [0, 0.1) is 29.6 Å². The van der Waals surface area contributed by atoms with Crippen molar-refractivity contribution in [2.45, 2.75) is 6.92 Å². The number of nitriles is 2. The highest BCUT2D eigenvalue weighted by atomic mass is 16.1. The van der Waals surface area contributed by atoms with E-state index >= 15 is 0 Å². The number of nitrogens with zero attached hydrogens (tertiary/aromatic N) is 2. The molecule has 2 aromatic carbocycles. The summed E-state index contributed by atoms with van der Waals surface area (Å²) in [6.45, 7) is 1.88. The fourth-order valence-corrected chi connectivity index (χ4v) is 1.85. The number of hydrogen-bond acceptors (Lipinski definition) is 4. The quantitative estimate of drug-likeness (QED) is 0.669. The fraction of sp³-hybridized carbons (Fsp3) is 0.0556. The zero-order valence-electron chi connectivity index (χ0n) is 12.5. The number of aryl methyl sites for hydroxylation is 1. The fourth-order valence-electron chi connectivity index (χ4n) is 1.85. The smallest absolute Gasteiger partial charge is 0.267 e. The van der Waals surface area contributed by atoms with Crippen molar-refractivity contribution in [2.24, 2.45) is 0 Å². The molecule has 0 radical (unpaired) electrons. The van der Waals surface area contributed by atoms with Gasteiger partial charge in [-0.3, -0.25) is 4.79 Å². The Morgan fingerprint density at radius 1 is 1.09 bits per heavy atom. The van der Waals surface area contributed by atoms with Crippen LogP contribution in [0.1, 0.15) is 11.1 Å². The average Bonchev–Trinajstić information content (AvgIpc) is 2.58. The van der Waals surface area contributed by atoms with Gasteiger partial charge >= 0.3 is 0 Å². The van der Waals surface area contributed by atoms with E-state index < -0.39 is 5.91 Å². The average molecular weight is 302 g/mol. The van der Waals surface area contributed by atoms with Crippen molar-refractivity contribution < 1.29 is 4.79 Å². The maximum Gasteiger partial charge on any atom is 0.267 e.